The Morgan fingerprint density at radius 3 is 2.62 bits per heavy atom. The molecule has 8 heteroatoms. The molecule has 1 aliphatic heterocycles. The molecule has 1 aliphatic carbocycles. The molecule has 1 saturated heterocycles. The van der Waals surface area contributed by atoms with Gasteiger partial charge in [0.05, 0.1) is 12.7 Å². The van der Waals surface area contributed by atoms with Gasteiger partial charge in [0, 0.05) is 17.8 Å². The monoisotopic (exact) mass is 395 g/mol. The van der Waals surface area contributed by atoms with E-state index in [1.54, 1.807) is 48.8 Å². The maximum atomic E-state index is 12.6. The van der Waals surface area contributed by atoms with E-state index in [1.807, 2.05) is 6.92 Å². The largest absolute Gasteiger partial charge is 0.480 e. The van der Waals surface area contributed by atoms with Crippen molar-refractivity contribution in [1.82, 2.24) is 15.2 Å². The summed E-state index contributed by atoms with van der Waals surface area (Å²) in [5.41, 5.74) is 0.274. The first-order chi connectivity index (χ1) is 13.9. The van der Waals surface area contributed by atoms with Gasteiger partial charge in [-0.25, -0.2) is 4.79 Å². The van der Waals surface area contributed by atoms with Gasteiger partial charge in [-0.1, -0.05) is 6.92 Å². The number of aromatic nitrogens is 1. The quantitative estimate of drug-likeness (QED) is 0.775. The summed E-state index contributed by atoms with van der Waals surface area (Å²) in [5.74, 6) is -0.632. The van der Waals surface area contributed by atoms with Crippen molar-refractivity contribution in [2.45, 2.75) is 31.8 Å². The molecule has 0 unspecified atom stereocenters. The van der Waals surface area contributed by atoms with Crippen LogP contribution in [0.5, 0.6) is 11.5 Å². The fourth-order valence-corrected chi connectivity index (χ4v) is 3.91. The summed E-state index contributed by atoms with van der Waals surface area (Å²) >= 11 is 0. The summed E-state index contributed by atoms with van der Waals surface area (Å²) in [6.45, 7) is 1.76. The van der Waals surface area contributed by atoms with Gasteiger partial charge in [-0.2, -0.15) is 0 Å². The van der Waals surface area contributed by atoms with E-state index in [1.165, 1.54) is 4.90 Å². The van der Waals surface area contributed by atoms with Crippen LogP contribution in [0.4, 0.5) is 0 Å². The van der Waals surface area contributed by atoms with Gasteiger partial charge in [0.25, 0.3) is 5.91 Å². The Hall–Kier alpha value is -3.42. The van der Waals surface area contributed by atoms with E-state index >= 15 is 0 Å². The number of nitrogens with one attached hydrogen (secondary N) is 1. The van der Waals surface area contributed by atoms with E-state index in [0.717, 1.165) is 6.42 Å². The molecule has 2 amide bonds. The number of likely N-dealkylation sites (tertiary alicyclic amines) is 1. The van der Waals surface area contributed by atoms with Gasteiger partial charge < -0.3 is 20.1 Å². The fourth-order valence-electron chi connectivity index (χ4n) is 3.91. The second-order valence-corrected chi connectivity index (χ2v) is 7.73. The minimum atomic E-state index is -0.998. The predicted octanol–water partition coefficient (Wildman–Crippen LogP) is 2.07. The highest BCUT2D eigenvalue weighted by molar-refractivity contribution is 5.97. The molecule has 1 aromatic heterocycles. The number of carbonyl (C=O) groups is 3. The van der Waals surface area contributed by atoms with E-state index in [9.17, 15) is 19.5 Å². The maximum absolute atomic E-state index is 12.6. The number of hydrogen-bond acceptors (Lipinski definition) is 5. The van der Waals surface area contributed by atoms with Gasteiger partial charge in [-0.05, 0) is 54.7 Å². The molecule has 0 radical (unpaired) electrons. The van der Waals surface area contributed by atoms with E-state index < -0.39 is 17.9 Å². The van der Waals surface area contributed by atoms with Crippen LogP contribution in [0.1, 0.15) is 30.1 Å². The zero-order valence-electron chi connectivity index (χ0n) is 15.9. The van der Waals surface area contributed by atoms with Gasteiger partial charge >= 0.3 is 5.97 Å². The molecular formula is C21H21N3O5. The van der Waals surface area contributed by atoms with Crippen molar-refractivity contribution >= 4 is 17.8 Å². The molecule has 150 valence electrons. The van der Waals surface area contributed by atoms with Gasteiger partial charge in [0.15, 0.2) is 0 Å². The lowest BCUT2D eigenvalue weighted by Gasteiger charge is -2.24. The third kappa shape index (κ3) is 3.78. The molecule has 1 saturated carbocycles. The van der Waals surface area contributed by atoms with Crippen molar-refractivity contribution in [3.63, 3.8) is 0 Å². The third-order valence-corrected chi connectivity index (χ3v) is 5.60. The SMILES string of the molecule is C[C@@]12C[C@@H]1N(C(=O)CNC(=O)c1ccc(Oc3cccnc3)cc1)[C@H](C(=O)O)C2. The molecule has 0 bridgehead atoms. The van der Waals surface area contributed by atoms with Crippen LogP contribution in [-0.4, -0.2) is 51.4 Å². The first kappa shape index (κ1) is 18.9. The second-order valence-electron chi connectivity index (χ2n) is 7.73. The van der Waals surface area contributed by atoms with E-state index in [2.05, 4.69) is 10.3 Å². The first-order valence-corrected chi connectivity index (χ1v) is 9.37. The van der Waals surface area contributed by atoms with E-state index in [4.69, 9.17) is 4.74 Å². The maximum Gasteiger partial charge on any atom is 0.326 e. The normalized spacial score (nSPS) is 24.5. The van der Waals surface area contributed by atoms with Gasteiger partial charge in [0.1, 0.15) is 17.5 Å². The molecule has 2 aromatic rings. The Morgan fingerprint density at radius 1 is 1.21 bits per heavy atom. The number of ether oxygens (including phenoxy) is 1. The van der Waals surface area contributed by atoms with Crippen molar-refractivity contribution in [2.75, 3.05) is 6.54 Å². The number of rotatable bonds is 6. The molecule has 2 fully saturated rings. The number of pyridine rings is 1. The number of amides is 2. The van der Waals surface area contributed by atoms with Crippen LogP contribution >= 0.6 is 0 Å². The molecule has 0 spiro atoms. The zero-order chi connectivity index (χ0) is 20.6. The summed E-state index contributed by atoms with van der Waals surface area (Å²) in [6, 6.07) is 9.17. The van der Waals surface area contributed by atoms with Crippen LogP contribution in [0.15, 0.2) is 48.8 Å². The average molecular weight is 395 g/mol. The highest BCUT2D eigenvalue weighted by atomic mass is 16.5. The molecule has 2 N–H and O–H groups in total. The van der Waals surface area contributed by atoms with Gasteiger partial charge in [0.2, 0.25) is 5.91 Å². The number of hydrogen-bond donors (Lipinski definition) is 2. The van der Waals surface area contributed by atoms with Crippen LogP contribution in [0.25, 0.3) is 0 Å². The highest BCUT2D eigenvalue weighted by Gasteiger charge is 2.64. The van der Waals surface area contributed by atoms with Crippen LogP contribution < -0.4 is 10.1 Å². The Balaban J connectivity index is 1.34. The standard InChI is InChI=1S/C21H21N3O5/c1-21-9-16(20(27)28)24(17(21)10-21)18(25)12-23-19(26)13-4-6-14(7-5-13)29-15-3-2-8-22-11-15/h2-8,11,16-17H,9-10,12H2,1H3,(H,23,26)(H,27,28)/t16-,17-,21+/m0/s1. The number of carboxylic acid groups (broad SMARTS) is 1. The molecule has 4 rings (SSSR count). The van der Waals surface area contributed by atoms with Crippen LogP contribution in [0.2, 0.25) is 0 Å². The lowest BCUT2D eigenvalue weighted by atomic mass is 10.0. The second kappa shape index (κ2) is 7.20. The first-order valence-electron chi connectivity index (χ1n) is 9.37. The van der Waals surface area contributed by atoms with Crippen LogP contribution in [0.3, 0.4) is 0 Å². The number of carboxylic acids is 1. The molecule has 2 heterocycles. The van der Waals surface area contributed by atoms with E-state index in [-0.39, 0.29) is 23.9 Å². The van der Waals surface area contributed by atoms with Gasteiger partial charge in [-0.15, -0.1) is 0 Å². The van der Waals surface area contributed by atoms with E-state index in [0.29, 0.717) is 23.5 Å². The third-order valence-electron chi connectivity index (χ3n) is 5.60. The smallest absolute Gasteiger partial charge is 0.326 e. The number of nitrogens with zero attached hydrogens (tertiary/aromatic N) is 2. The van der Waals surface area contributed by atoms with Crippen molar-refractivity contribution in [1.29, 1.82) is 0 Å². The summed E-state index contributed by atoms with van der Waals surface area (Å²) in [7, 11) is 0. The van der Waals surface area contributed by atoms with Crippen molar-refractivity contribution in [3.8, 4) is 11.5 Å². The number of benzene rings is 1. The molecule has 3 atom stereocenters. The average Bonchev–Trinajstić information content (AvgIpc) is 3.27. The number of piperidine rings is 1. The molecule has 1 aromatic carbocycles. The molecule has 8 nitrogen and oxygen atoms in total. The number of aliphatic carboxylic acids is 1. The van der Waals surface area contributed by atoms with Crippen molar-refractivity contribution < 1.29 is 24.2 Å². The van der Waals surface area contributed by atoms with Crippen molar-refractivity contribution in [2.24, 2.45) is 5.41 Å². The Kier molecular flexibility index (Phi) is 4.70. The Labute approximate surface area is 167 Å². The Bertz CT molecular complexity index is 947. The lowest BCUT2D eigenvalue weighted by molar-refractivity contribution is -0.149. The summed E-state index contributed by atoms with van der Waals surface area (Å²) in [4.78, 5) is 41.8. The molecule has 29 heavy (non-hydrogen) atoms. The number of fused-ring (bicyclic) bond motifs is 1. The minimum Gasteiger partial charge on any atom is -0.480 e. The zero-order valence-corrected chi connectivity index (χ0v) is 15.9. The Morgan fingerprint density at radius 2 is 1.97 bits per heavy atom. The summed E-state index contributed by atoms with van der Waals surface area (Å²) < 4.78 is 5.63. The lowest BCUT2D eigenvalue weighted by Crippen LogP contribution is -2.47. The molecular weight excluding hydrogens is 374 g/mol. The van der Waals surface area contributed by atoms with Crippen LogP contribution in [0, 0.1) is 5.41 Å². The fraction of sp³-hybridized carbons (Fsp3) is 0.333. The van der Waals surface area contributed by atoms with Gasteiger partial charge in [-0.3, -0.25) is 14.6 Å². The number of carbonyl (C=O) groups excluding carboxylic acids is 2. The summed E-state index contributed by atoms with van der Waals surface area (Å²) in [5, 5.41) is 12.0. The molecule has 2 aliphatic rings. The summed E-state index contributed by atoms with van der Waals surface area (Å²) in [6.07, 6.45) is 4.51. The predicted molar refractivity (Wildman–Crippen MR) is 102 cm³/mol. The van der Waals surface area contributed by atoms with Crippen LogP contribution in [-0.2, 0) is 9.59 Å². The van der Waals surface area contributed by atoms with Crippen molar-refractivity contribution in [3.05, 3.63) is 54.4 Å². The topological polar surface area (TPSA) is 109 Å². The highest BCUT2D eigenvalue weighted by Crippen LogP contribution is 2.59. The minimum absolute atomic E-state index is 0.0445.